The minimum atomic E-state index is -0.208. The van der Waals surface area contributed by atoms with Crippen molar-refractivity contribution in [3.05, 3.63) is 222 Å². The Bertz CT molecular complexity index is 2910. The standard InChI is InChI=1S/C57H53N5/c58-56(60-57(42-18-6-2-7-19-42)59-38-39-16-4-1-5-17-39)41-32-30-40(31-33-41)43-34-35-54-51(37-43)49-25-11-12-28-52(49)61(54)46-23-14-20-44(36-46)47-26-15-27-50-48-24-10-13-29-53(48)62(55(47)50)45-21-8-3-9-22-45/h1-4,6-14,16,18-25,27-32,34-37,41,47,55-57,59-60H,5,15,17,26,33,38,58H2. The van der Waals surface area contributed by atoms with Crippen LogP contribution < -0.4 is 21.3 Å². The third-order valence-electron chi connectivity index (χ3n) is 13.6. The lowest BCUT2D eigenvalue weighted by Crippen LogP contribution is -2.49. The van der Waals surface area contributed by atoms with Crippen molar-refractivity contribution in [1.82, 2.24) is 15.2 Å². The van der Waals surface area contributed by atoms with Crippen molar-refractivity contribution in [2.75, 3.05) is 11.4 Å². The summed E-state index contributed by atoms with van der Waals surface area (Å²) in [6, 6.07) is 56.0. The van der Waals surface area contributed by atoms with Gasteiger partial charge >= 0.3 is 0 Å². The molecule has 11 rings (SSSR count). The van der Waals surface area contributed by atoms with Crippen molar-refractivity contribution in [3.8, 4) is 5.69 Å². The van der Waals surface area contributed by atoms with E-state index in [-0.39, 0.29) is 24.3 Å². The molecule has 0 fully saturated rings. The maximum Gasteiger partial charge on any atom is 0.0850 e. The fraction of sp³-hybridized carbons (Fsp3) is 0.193. The molecular weight excluding hydrogens is 755 g/mol. The lowest BCUT2D eigenvalue weighted by Gasteiger charge is -2.37. The molecule has 5 unspecified atom stereocenters. The maximum absolute atomic E-state index is 6.95. The Morgan fingerprint density at radius 3 is 2.34 bits per heavy atom. The highest BCUT2D eigenvalue weighted by molar-refractivity contribution is 6.10. The average molecular weight is 808 g/mol. The number of para-hydroxylation sites is 3. The molecule has 6 aromatic carbocycles. The third kappa shape index (κ3) is 7.16. The summed E-state index contributed by atoms with van der Waals surface area (Å²) >= 11 is 0. The van der Waals surface area contributed by atoms with Gasteiger partial charge in [0.15, 0.2) is 0 Å². The molecule has 306 valence electrons. The van der Waals surface area contributed by atoms with Crippen LogP contribution in [0.1, 0.15) is 66.4 Å². The van der Waals surface area contributed by atoms with E-state index in [0.717, 1.165) is 38.6 Å². The number of nitrogens with zero attached hydrogens (tertiary/aromatic N) is 2. The topological polar surface area (TPSA) is 58.2 Å². The van der Waals surface area contributed by atoms with Crippen molar-refractivity contribution in [2.45, 2.75) is 56.4 Å². The maximum atomic E-state index is 6.95. The molecule has 0 spiro atoms. The summed E-state index contributed by atoms with van der Waals surface area (Å²) in [6.45, 7) is 0.834. The molecule has 7 aromatic rings. The monoisotopic (exact) mass is 807 g/mol. The van der Waals surface area contributed by atoms with Crippen molar-refractivity contribution in [2.24, 2.45) is 11.7 Å². The van der Waals surface area contributed by atoms with Crippen LogP contribution in [0.3, 0.4) is 0 Å². The van der Waals surface area contributed by atoms with E-state index >= 15 is 0 Å². The molecule has 1 aromatic heterocycles. The molecule has 0 bridgehead atoms. The van der Waals surface area contributed by atoms with Crippen molar-refractivity contribution >= 4 is 44.3 Å². The summed E-state index contributed by atoms with van der Waals surface area (Å²) in [5, 5.41) is 10.0. The molecule has 4 aliphatic rings. The van der Waals surface area contributed by atoms with Gasteiger partial charge in [-0.3, -0.25) is 10.6 Å². The lowest BCUT2D eigenvalue weighted by molar-refractivity contribution is 0.337. The van der Waals surface area contributed by atoms with Gasteiger partial charge in [0.25, 0.3) is 0 Å². The normalized spacial score (nSPS) is 20.4. The number of benzene rings is 6. The Hall–Kier alpha value is -6.50. The zero-order valence-corrected chi connectivity index (χ0v) is 35.1. The summed E-state index contributed by atoms with van der Waals surface area (Å²) in [6.07, 6.45) is 21.1. The highest BCUT2D eigenvalue weighted by Gasteiger charge is 2.41. The summed E-state index contributed by atoms with van der Waals surface area (Å²) in [5.41, 5.74) is 22.4. The molecule has 0 amide bonds. The molecule has 0 radical (unpaired) electrons. The van der Waals surface area contributed by atoms with Crippen LogP contribution in [-0.4, -0.2) is 23.3 Å². The molecule has 4 N–H and O–H groups in total. The average Bonchev–Trinajstić information content (AvgIpc) is 3.86. The van der Waals surface area contributed by atoms with Crippen LogP contribution in [0.25, 0.3) is 38.6 Å². The minimum absolute atomic E-state index is 0.0435. The fourth-order valence-electron chi connectivity index (χ4n) is 10.5. The first-order chi connectivity index (χ1) is 30.7. The van der Waals surface area contributed by atoms with Crippen LogP contribution in [-0.2, 0) is 0 Å². The highest BCUT2D eigenvalue weighted by atomic mass is 15.2. The van der Waals surface area contributed by atoms with Gasteiger partial charge in [0.05, 0.1) is 29.4 Å². The second-order valence-electron chi connectivity index (χ2n) is 17.3. The molecular formula is C57H53N5. The van der Waals surface area contributed by atoms with Gasteiger partial charge < -0.3 is 15.2 Å². The predicted octanol–water partition coefficient (Wildman–Crippen LogP) is 12.7. The van der Waals surface area contributed by atoms with E-state index in [1.165, 1.54) is 77.8 Å². The Labute approximate surface area is 365 Å². The number of hydrogen-bond donors (Lipinski definition) is 3. The summed E-state index contributed by atoms with van der Waals surface area (Å²) in [7, 11) is 0. The van der Waals surface area contributed by atoms with Gasteiger partial charge in [-0.2, -0.15) is 0 Å². The van der Waals surface area contributed by atoms with E-state index < -0.39 is 0 Å². The van der Waals surface area contributed by atoms with Crippen LogP contribution in [0.4, 0.5) is 11.4 Å². The first-order valence-corrected chi connectivity index (χ1v) is 22.5. The van der Waals surface area contributed by atoms with Crippen LogP contribution >= 0.6 is 0 Å². The van der Waals surface area contributed by atoms with Crippen molar-refractivity contribution < 1.29 is 0 Å². The summed E-state index contributed by atoms with van der Waals surface area (Å²) in [5.74, 6) is 0.521. The van der Waals surface area contributed by atoms with Crippen LogP contribution in [0.15, 0.2) is 200 Å². The first-order valence-electron chi connectivity index (χ1n) is 22.5. The van der Waals surface area contributed by atoms with Gasteiger partial charge in [-0.15, -0.1) is 0 Å². The zero-order chi connectivity index (χ0) is 41.4. The van der Waals surface area contributed by atoms with Crippen LogP contribution in [0, 0.1) is 5.92 Å². The van der Waals surface area contributed by atoms with E-state index in [0.29, 0.717) is 5.92 Å². The molecule has 5 nitrogen and oxygen atoms in total. The first kappa shape index (κ1) is 38.4. The third-order valence-corrected chi connectivity index (χ3v) is 13.6. The van der Waals surface area contributed by atoms with Crippen molar-refractivity contribution in [3.63, 3.8) is 0 Å². The van der Waals surface area contributed by atoms with Gasteiger partial charge in [-0.1, -0.05) is 151 Å². The number of nitrogens with two attached hydrogens (primary N) is 1. The van der Waals surface area contributed by atoms with Crippen LogP contribution in [0.2, 0.25) is 0 Å². The smallest absolute Gasteiger partial charge is 0.0850 e. The van der Waals surface area contributed by atoms with Crippen molar-refractivity contribution in [1.29, 1.82) is 0 Å². The fourth-order valence-corrected chi connectivity index (χ4v) is 10.5. The van der Waals surface area contributed by atoms with Gasteiger partial charge in [0.1, 0.15) is 0 Å². The number of rotatable bonds is 11. The largest absolute Gasteiger partial charge is 0.333 e. The quantitative estimate of drug-likeness (QED) is 0.114. The van der Waals surface area contributed by atoms with Gasteiger partial charge in [-0.05, 0) is 108 Å². The molecule has 62 heavy (non-hydrogen) atoms. The Morgan fingerprint density at radius 2 is 1.50 bits per heavy atom. The number of allylic oxidation sites excluding steroid dienone is 7. The molecule has 1 aliphatic heterocycles. The Balaban J connectivity index is 0.866. The number of anilines is 2. The minimum Gasteiger partial charge on any atom is -0.333 e. The molecule has 2 heterocycles. The highest BCUT2D eigenvalue weighted by Crippen LogP contribution is 2.53. The van der Waals surface area contributed by atoms with E-state index in [2.05, 4.69) is 214 Å². The molecule has 3 aliphatic carbocycles. The second kappa shape index (κ2) is 16.8. The van der Waals surface area contributed by atoms with Gasteiger partial charge in [0, 0.05) is 51.8 Å². The molecule has 5 atom stereocenters. The number of hydrogen-bond acceptors (Lipinski definition) is 4. The lowest BCUT2D eigenvalue weighted by atomic mass is 9.78. The Kier molecular flexibility index (Phi) is 10.4. The second-order valence-corrected chi connectivity index (χ2v) is 17.3. The van der Waals surface area contributed by atoms with E-state index in [1.807, 2.05) is 0 Å². The summed E-state index contributed by atoms with van der Waals surface area (Å²) < 4.78 is 2.47. The molecule has 5 heteroatoms. The van der Waals surface area contributed by atoms with E-state index in [4.69, 9.17) is 5.73 Å². The van der Waals surface area contributed by atoms with Gasteiger partial charge in [0.2, 0.25) is 0 Å². The van der Waals surface area contributed by atoms with Crippen LogP contribution in [0.5, 0.6) is 0 Å². The number of fused-ring (bicyclic) bond motifs is 6. The van der Waals surface area contributed by atoms with E-state index in [1.54, 1.807) is 0 Å². The number of aromatic nitrogens is 1. The predicted molar refractivity (Wildman–Crippen MR) is 260 cm³/mol. The SMILES string of the molecule is NC(NC(NCC1=CC=CCC1)c1ccccc1)C1C=CC(c2ccc3c(c2)c2ccccc2n3-c2cccc(C3CCC=C4c5ccccc5N(c5ccccc5)C43)c2)=CC1. The number of nitrogens with one attached hydrogen (secondary N) is 2. The molecule has 0 saturated carbocycles. The van der Waals surface area contributed by atoms with Gasteiger partial charge in [-0.25, -0.2) is 0 Å². The zero-order valence-electron chi connectivity index (χ0n) is 35.1. The summed E-state index contributed by atoms with van der Waals surface area (Å²) in [4.78, 5) is 2.59. The van der Waals surface area contributed by atoms with E-state index in [9.17, 15) is 0 Å². The molecule has 0 saturated heterocycles. The Morgan fingerprint density at radius 1 is 0.710 bits per heavy atom.